The van der Waals surface area contributed by atoms with Crippen molar-refractivity contribution < 1.29 is 28.6 Å². The van der Waals surface area contributed by atoms with Crippen molar-refractivity contribution in [2.45, 2.75) is 33.8 Å². The average Bonchev–Trinajstić information content (AvgIpc) is 3.08. The second kappa shape index (κ2) is 10.3. The zero-order valence-corrected chi connectivity index (χ0v) is 19.2. The van der Waals surface area contributed by atoms with Gasteiger partial charge >= 0.3 is 11.9 Å². The maximum atomic E-state index is 12.6. The molecule has 1 atom stereocenters. The average molecular weight is 456 g/mol. The number of carbonyl (C=O) groups excluding carboxylic acids is 3. The molecule has 3 rings (SSSR count). The fourth-order valence-electron chi connectivity index (χ4n) is 3.21. The largest absolute Gasteiger partial charge is 0.485 e. The maximum Gasteiger partial charge on any atom is 0.348 e. The third-order valence-corrected chi connectivity index (χ3v) is 5.95. The summed E-state index contributed by atoms with van der Waals surface area (Å²) in [5.74, 6) is -0.807. The minimum atomic E-state index is -0.607. The summed E-state index contributed by atoms with van der Waals surface area (Å²) in [4.78, 5) is 37.6. The van der Waals surface area contributed by atoms with Crippen molar-refractivity contribution in [2.24, 2.45) is 0 Å². The molecule has 1 N–H and O–H groups in total. The fourth-order valence-corrected chi connectivity index (χ4v) is 4.31. The molecule has 0 saturated heterocycles. The van der Waals surface area contributed by atoms with Gasteiger partial charge in [-0.1, -0.05) is 18.2 Å². The number of ether oxygens (including phenoxy) is 3. The first kappa shape index (κ1) is 23.3. The summed E-state index contributed by atoms with van der Waals surface area (Å²) in [7, 11) is 0. The molecule has 0 aliphatic carbocycles. The van der Waals surface area contributed by atoms with Gasteiger partial charge in [0.2, 0.25) is 5.91 Å². The van der Waals surface area contributed by atoms with Gasteiger partial charge in [0.25, 0.3) is 0 Å². The lowest BCUT2D eigenvalue weighted by Gasteiger charge is -2.22. The summed E-state index contributed by atoms with van der Waals surface area (Å²) in [6.07, 6.45) is 4.79. The van der Waals surface area contributed by atoms with E-state index >= 15 is 0 Å². The van der Waals surface area contributed by atoms with Crippen LogP contribution in [0.2, 0.25) is 0 Å². The number of hydrogen-bond acceptors (Lipinski definition) is 7. The van der Waals surface area contributed by atoms with E-state index in [1.54, 1.807) is 26.8 Å². The van der Waals surface area contributed by atoms with Crippen LogP contribution in [-0.4, -0.2) is 37.2 Å². The molecule has 1 aliphatic heterocycles. The Balaban J connectivity index is 1.84. The van der Waals surface area contributed by atoms with Crippen LogP contribution in [0.25, 0.3) is 6.08 Å². The molecule has 1 amide bonds. The Bertz CT molecular complexity index is 1100. The standard InChI is InChI=1S/C24H25NO6S/c1-5-29-23(27)20-14(3)21(24(28)30-6-2)32-22(20)25-19(26)12-11-16-13-17-9-7-8-10-18(17)31-15(16)4/h7-13,15H,5-6H2,1-4H3,(H,25,26). The molecular weight excluding hydrogens is 430 g/mol. The lowest BCUT2D eigenvalue weighted by atomic mass is 10.0. The molecule has 2 heterocycles. The Morgan fingerprint density at radius 1 is 1.12 bits per heavy atom. The third-order valence-electron chi connectivity index (χ3n) is 4.77. The molecule has 8 heteroatoms. The van der Waals surface area contributed by atoms with Crippen molar-refractivity contribution in [1.82, 2.24) is 0 Å². The molecule has 7 nitrogen and oxygen atoms in total. The van der Waals surface area contributed by atoms with Crippen molar-refractivity contribution in [3.63, 3.8) is 0 Å². The van der Waals surface area contributed by atoms with Crippen LogP contribution in [0.1, 0.15) is 51.9 Å². The van der Waals surface area contributed by atoms with E-state index in [4.69, 9.17) is 14.2 Å². The van der Waals surface area contributed by atoms with Gasteiger partial charge in [-0.15, -0.1) is 11.3 Å². The minimum Gasteiger partial charge on any atom is -0.485 e. The Morgan fingerprint density at radius 2 is 1.81 bits per heavy atom. The summed E-state index contributed by atoms with van der Waals surface area (Å²) in [6.45, 7) is 7.29. The van der Waals surface area contributed by atoms with E-state index < -0.39 is 17.8 Å². The summed E-state index contributed by atoms with van der Waals surface area (Å²) in [5.41, 5.74) is 2.34. The van der Waals surface area contributed by atoms with Crippen LogP contribution in [0.4, 0.5) is 5.00 Å². The molecule has 0 bridgehead atoms. The van der Waals surface area contributed by atoms with E-state index in [0.717, 1.165) is 28.2 Å². The monoisotopic (exact) mass is 455 g/mol. The highest BCUT2D eigenvalue weighted by molar-refractivity contribution is 7.18. The van der Waals surface area contributed by atoms with Crippen LogP contribution < -0.4 is 10.1 Å². The summed E-state index contributed by atoms with van der Waals surface area (Å²) < 4.78 is 16.0. The van der Waals surface area contributed by atoms with Crippen LogP contribution in [0.5, 0.6) is 5.75 Å². The highest BCUT2D eigenvalue weighted by Crippen LogP contribution is 2.34. The minimum absolute atomic E-state index is 0.157. The van der Waals surface area contributed by atoms with E-state index in [0.29, 0.717) is 5.56 Å². The molecule has 0 saturated carbocycles. The number of nitrogens with one attached hydrogen (secondary N) is 1. The van der Waals surface area contributed by atoms with Gasteiger partial charge in [-0.2, -0.15) is 0 Å². The first-order chi connectivity index (χ1) is 15.3. The Hall–Kier alpha value is -3.39. The third kappa shape index (κ3) is 5.08. The molecule has 1 aromatic carbocycles. The quantitative estimate of drug-likeness (QED) is 0.478. The molecule has 1 unspecified atom stereocenters. The van der Waals surface area contributed by atoms with Gasteiger partial charge in [-0.05, 0) is 57.0 Å². The summed E-state index contributed by atoms with van der Waals surface area (Å²) in [5, 5.41) is 2.94. The molecular formula is C24H25NO6S. The van der Waals surface area contributed by atoms with Gasteiger partial charge in [0.05, 0.1) is 18.8 Å². The number of carbonyl (C=O) groups is 3. The van der Waals surface area contributed by atoms with Crippen LogP contribution in [0.15, 0.2) is 42.0 Å². The predicted molar refractivity (Wildman–Crippen MR) is 123 cm³/mol. The van der Waals surface area contributed by atoms with E-state index in [9.17, 15) is 14.4 Å². The van der Waals surface area contributed by atoms with Gasteiger partial charge in [-0.3, -0.25) is 4.79 Å². The smallest absolute Gasteiger partial charge is 0.348 e. The van der Waals surface area contributed by atoms with E-state index in [-0.39, 0.29) is 34.8 Å². The zero-order valence-electron chi connectivity index (χ0n) is 18.4. The van der Waals surface area contributed by atoms with Crippen molar-refractivity contribution in [3.05, 3.63) is 63.6 Å². The number of hydrogen-bond donors (Lipinski definition) is 1. The van der Waals surface area contributed by atoms with E-state index in [1.807, 2.05) is 37.3 Å². The maximum absolute atomic E-state index is 12.6. The Labute approximate surface area is 190 Å². The predicted octanol–water partition coefficient (Wildman–Crippen LogP) is 4.77. The first-order valence-electron chi connectivity index (χ1n) is 10.3. The van der Waals surface area contributed by atoms with Gasteiger partial charge in [0, 0.05) is 11.6 Å². The Kier molecular flexibility index (Phi) is 7.48. The molecule has 2 aromatic rings. The Morgan fingerprint density at radius 3 is 2.53 bits per heavy atom. The zero-order chi connectivity index (χ0) is 23.3. The summed E-state index contributed by atoms with van der Waals surface area (Å²) >= 11 is 0.989. The molecule has 0 spiro atoms. The topological polar surface area (TPSA) is 90.9 Å². The second-order valence-electron chi connectivity index (χ2n) is 6.97. The number of benzene rings is 1. The normalized spacial score (nSPS) is 14.9. The number of rotatable bonds is 7. The van der Waals surface area contributed by atoms with Gasteiger partial charge in [0.1, 0.15) is 21.7 Å². The fraction of sp³-hybridized carbons (Fsp3) is 0.292. The van der Waals surface area contributed by atoms with Gasteiger partial charge in [0.15, 0.2) is 0 Å². The molecule has 168 valence electrons. The first-order valence-corrected chi connectivity index (χ1v) is 11.1. The highest BCUT2D eigenvalue weighted by atomic mass is 32.1. The molecule has 0 fully saturated rings. The molecule has 32 heavy (non-hydrogen) atoms. The number of fused-ring (bicyclic) bond motifs is 1. The molecule has 1 aromatic heterocycles. The van der Waals surface area contributed by atoms with Crippen molar-refractivity contribution in [1.29, 1.82) is 0 Å². The van der Waals surface area contributed by atoms with Crippen LogP contribution in [0, 0.1) is 6.92 Å². The lowest BCUT2D eigenvalue weighted by molar-refractivity contribution is -0.111. The number of thiophene rings is 1. The molecule has 0 radical (unpaired) electrons. The number of amides is 1. The van der Waals surface area contributed by atoms with Gasteiger partial charge < -0.3 is 19.5 Å². The number of anilines is 1. The van der Waals surface area contributed by atoms with Crippen LogP contribution in [0.3, 0.4) is 0 Å². The van der Waals surface area contributed by atoms with E-state index in [1.165, 1.54) is 6.08 Å². The number of para-hydroxylation sites is 1. The number of esters is 2. The highest BCUT2D eigenvalue weighted by Gasteiger charge is 2.27. The lowest BCUT2D eigenvalue weighted by Crippen LogP contribution is -2.18. The van der Waals surface area contributed by atoms with Gasteiger partial charge in [-0.25, -0.2) is 9.59 Å². The van der Waals surface area contributed by atoms with Crippen LogP contribution >= 0.6 is 11.3 Å². The van der Waals surface area contributed by atoms with E-state index in [2.05, 4.69) is 5.32 Å². The molecule has 1 aliphatic rings. The van der Waals surface area contributed by atoms with Crippen molar-refractivity contribution in [3.8, 4) is 5.75 Å². The van der Waals surface area contributed by atoms with Crippen molar-refractivity contribution in [2.75, 3.05) is 18.5 Å². The van der Waals surface area contributed by atoms with Crippen LogP contribution in [-0.2, 0) is 14.3 Å². The van der Waals surface area contributed by atoms with Crippen molar-refractivity contribution >= 4 is 40.3 Å². The summed E-state index contributed by atoms with van der Waals surface area (Å²) in [6, 6.07) is 7.65. The second-order valence-corrected chi connectivity index (χ2v) is 7.99. The SMILES string of the molecule is CCOC(=O)c1sc(NC(=O)C=CC2=Cc3ccccc3OC2C)c(C(=O)OCC)c1C.